The largest absolute Gasteiger partial charge is 0.312 e. The molecule has 4 rings (SSSR count). The molecule has 1 aromatic carbocycles. The lowest BCUT2D eigenvalue weighted by Gasteiger charge is -2.16. The van der Waals surface area contributed by atoms with Crippen LogP contribution in [-0.4, -0.2) is 28.1 Å². The highest BCUT2D eigenvalue weighted by molar-refractivity contribution is 6.03. The van der Waals surface area contributed by atoms with Crippen LogP contribution >= 0.6 is 0 Å². The van der Waals surface area contributed by atoms with E-state index in [4.69, 9.17) is 0 Å². The quantitative estimate of drug-likeness (QED) is 0.938. The number of carbonyl (C=O) groups is 2. The first-order valence-electron chi connectivity index (χ1n) is 8.34. The van der Waals surface area contributed by atoms with Gasteiger partial charge in [0.15, 0.2) is 0 Å². The van der Waals surface area contributed by atoms with Crippen LogP contribution in [0.4, 0.5) is 11.5 Å². The Hall–Kier alpha value is -2.63. The Balaban J connectivity index is 1.49. The van der Waals surface area contributed by atoms with E-state index in [0.29, 0.717) is 6.54 Å². The van der Waals surface area contributed by atoms with E-state index in [1.165, 1.54) is 0 Å². The van der Waals surface area contributed by atoms with Crippen molar-refractivity contribution in [3.05, 3.63) is 41.6 Å². The molecule has 1 aliphatic heterocycles. The van der Waals surface area contributed by atoms with E-state index in [2.05, 4.69) is 10.4 Å². The second kappa shape index (κ2) is 5.78. The highest BCUT2D eigenvalue weighted by Crippen LogP contribution is 2.30. The summed E-state index contributed by atoms with van der Waals surface area (Å²) in [5, 5.41) is 7.48. The molecule has 6 nitrogen and oxygen atoms in total. The van der Waals surface area contributed by atoms with E-state index in [0.717, 1.165) is 42.0 Å². The zero-order chi connectivity index (χ0) is 16.7. The molecular weight excluding hydrogens is 304 g/mol. The fraction of sp³-hybridized carbons (Fsp3) is 0.389. The van der Waals surface area contributed by atoms with E-state index in [1.807, 2.05) is 37.4 Å². The first kappa shape index (κ1) is 14.9. The van der Waals surface area contributed by atoms with Gasteiger partial charge in [0.05, 0.1) is 11.6 Å². The summed E-state index contributed by atoms with van der Waals surface area (Å²) in [5.41, 5.74) is 3.08. The molecular formula is C18H20N4O2. The molecule has 0 spiro atoms. The Morgan fingerprint density at radius 1 is 1.25 bits per heavy atom. The van der Waals surface area contributed by atoms with E-state index in [9.17, 15) is 9.59 Å². The number of nitrogens with zero attached hydrogens (tertiary/aromatic N) is 3. The van der Waals surface area contributed by atoms with Crippen molar-refractivity contribution in [2.24, 2.45) is 13.0 Å². The van der Waals surface area contributed by atoms with Crippen molar-refractivity contribution < 1.29 is 9.59 Å². The summed E-state index contributed by atoms with van der Waals surface area (Å²) in [4.78, 5) is 26.6. The Morgan fingerprint density at radius 3 is 2.83 bits per heavy atom. The van der Waals surface area contributed by atoms with Gasteiger partial charge in [0.25, 0.3) is 0 Å². The number of rotatable bonds is 3. The number of fused-ring (bicyclic) bond motifs is 1. The molecule has 2 amide bonds. The monoisotopic (exact) mass is 324 g/mol. The molecule has 24 heavy (non-hydrogen) atoms. The van der Waals surface area contributed by atoms with Crippen LogP contribution in [0.3, 0.4) is 0 Å². The summed E-state index contributed by atoms with van der Waals surface area (Å²) in [6.45, 7) is 0.425. The molecule has 124 valence electrons. The Bertz CT molecular complexity index is 797. The molecule has 1 N–H and O–H groups in total. The second-order valence-corrected chi connectivity index (χ2v) is 6.48. The van der Waals surface area contributed by atoms with Gasteiger partial charge in [0.1, 0.15) is 5.82 Å². The summed E-state index contributed by atoms with van der Waals surface area (Å²) >= 11 is 0. The van der Waals surface area contributed by atoms with Gasteiger partial charge < -0.3 is 10.2 Å². The van der Waals surface area contributed by atoms with Crippen LogP contribution < -0.4 is 10.2 Å². The van der Waals surface area contributed by atoms with Crippen molar-refractivity contribution in [3.8, 4) is 0 Å². The summed E-state index contributed by atoms with van der Waals surface area (Å²) in [7, 11) is 1.85. The molecule has 0 unspecified atom stereocenters. The van der Waals surface area contributed by atoms with Crippen LogP contribution in [0.25, 0.3) is 0 Å². The lowest BCUT2D eigenvalue weighted by atomic mass is 10.1. The Kier molecular flexibility index (Phi) is 3.59. The summed E-state index contributed by atoms with van der Waals surface area (Å²) in [6.07, 6.45) is 3.27. The molecule has 1 fully saturated rings. The van der Waals surface area contributed by atoms with E-state index in [-0.39, 0.29) is 24.2 Å². The Morgan fingerprint density at radius 2 is 2.04 bits per heavy atom. The van der Waals surface area contributed by atoms with Crippen molar-refractivity contribution in [1.82, 2.24) is 9.78 Å². The molecule has 2 heterocycles. The average Bonchev–Trinajstić information content (AvgIpc) is 3.25. The maximum Gasteiger partial charge on any atom is 0.230 e. The number of hydrogen-bond acceptors (Lipinski definition) is 3. The highest BCUT2D eigenvalue weighted by Gasteiger charge is 2.36. The third kappa shape index (κ3) is 2.48. The number of amides is 2. The van der Waals surface area contributed by atoms with Crippen LogP contribution in [0.1, 0.15) is 24.1 Å². The fourth-order valence-corrected chi connectivity index (χ4v) is 3.64. The summed E-state index contributed by atoms with van der Waals surface area (Å²) in [5.74, 6) is 0.360. The van der Waals surface area contributed by atoms with E-state index < -0.39 is 0 Å². The van der Waals surface area contributed by atoms with Crippen LogP contribution in [0.5, 0.6) is 0 Å². The zero-order valence-corrected chi connectivity index (χ0v) is 13.7. The molecule has 6 heteroatoms. The van der Waals surface area contributed by atoms with Crippen molar-refractivity contribution in [2.45, 2.75) is 25.7 Å². The lowest BCUT2D eigenvalue weighted by molar-refractivity contribution is -0.122. The number of aromatic nitrogens is 2. The van der Waals surface area contributed by atoms with E-state index >= 15 is 0 Å². The zero-order valence-electron chi connectivity index (χ0n) is 13.7. The number of hydrogen-bond donors (Lipinski definition) is 1. The van der Waals surface area contributed by atoms with Gasteiger partial charge in [0.2, 0.25) is 11.8 Å². The van der Waals surface area contributed by atoms with Gasteiger partial charge in [-0.2, -0.15) is 5.10 Å². The van der Waals surface area contributed by atoms with Crippen LogP contribution in [0.15, 0.2) is 30.3 Å². The maximum absolute atomic E-state index is 12.7. The second-order valence-electron chi connectivity index (χ2n) is 6.48. The standard InChI is InChI=1S/C18H20N4O2/c1-21-17(14-8-5-9-15(14)20-21)19-18(24)12-10-16(23)22(11-12)13-6-3-2-4-7-13/h2-4,6-7,12H,5,8-11H2,1H3,(H,19,24)/t12-/m0/s1. The number of benzene rings is 1. The van der Waals surface area contributed by atoms with Gasteiger partial charge in [-0.1, -0.05) is 18.2 Å². The van der Waals surface area contributed by atoms with E-state index in [1.54, 1.807) is 9.58 Å². The Labute approximate surface area is 140 Å². The van der Waals surface area contributed by atoms with Gasteiger partial charge in [-0.3, -0.25) is 14.3 Å². The maximum atomic E-state index is 12.7. The minimum absolute atomic E-state index is 0.00316. The van der Waals surface area contributed by atoms with Gasteiger partial charge in [0, 0.05) is 31.3 Å². The number of para-hydroxylation sites is 1. The molecule has 2 aromatic rings. The molecule has 0 radical (unpaired) electrons. The first-order chi connectivity index (χ1) is 11.6. The van der Waals surface area contributed by atoms with Crippen molar-refractivity contribution in [3.63, 3.8) is 0 Å². The van der Waals surface area contributed by atoms with Crippen LogP contribution in [0.2, 0.25) is 0 Å². The molecule has 0 saturated carbocycles. The summed E-state index contributed by atoms with van der Waals surface area (Å²) < 4.78 is 1.74. The van der Waals surface area contributed by atoms with Gasteiger partial charge in [-0.15, -0.1) is 0 Å². The number of nitrogens with one attached hydrogen (secondary N) is 1. The third-order valence-electron chi connectivity index (χ3n) is 4.87. The predicted octanol–water partition coefficient (Wildman–Crippen LogP) is 1.90. The molecule has 1 saturated heterocycles. The minimum Gasteiger partial charge on any atom is -0.312 e. The van der Waals surface area contributed by atoms with Crippen LogP contribution in [0, 0.1) is 5.92 Å². The minimum atomic E-state index is -0.329. The van der Waals surface area contributed by atoms with Gasteiger partial charge in [-0.05, 0) is 31.4 Å². The van der Waals surface area contributed by atoms with Gasteiger partial charge in [-0.25, -0.2) is 0 Å². The molecule has 1 atom stereocenters. The molecule has 2 aliphatic rings. The van der Waals surface area contributed by atoms with Crippen molar-refractivity contribution >= 4 is 23.3 Å². The number of aryl methyl sites for hydroxylation is 2. The summed E-state index contributed by atoms with van der Waals surface area (Å²) in [6, 6.07) is 9.50. The SMILES string of the molecule is Cn1nc2c(c1NC(=O)[C@H]1CC(=O)N(c3ccccc3)C1)CCC2. The average molecular weight is 324 g/mol. The van der Waals surface area contributed by atoms with Gasteiger partial charge >= 0.3 is 0 Å². The fourth-order valence-electron chi connectivity index (χ4n) is 3.64. The topological polar surface area (TPSA) is 67.2 Å². The number of anilines is 2. The highest BCUT2D eigenvalue weighted by atomic mass is 16.2. The van der Waals surface area contributed by atoms with Crippen LogP contribution in [-0.2, 0) is 29.5 Å². The smallest absolute Gasteiger partial charge is 0.230 e. The van der Waals surface area contributed by atoms with Crippen molar-refractivity contribution in [1.29, 1.82) is 0 Å². The lowest BCUT2D eigenvalue weighted by Crippen LogP contribution is -2.28. The molecule has 1 aliphatic carbocycles. The molecule has 1 aromatic heterocycles. The third-order valence-corrected chi connectivity index (χ3v) is 4.87. The first-order valence-corrected chi connectivity index (χ1v) is 8.34. The molecule has 0 bridgehead atoms. The predicted molar refractivity (Wildman–Crippen MR) is 90.8 cm³/mol. The van der Waals surface area contributed by atoms with Crippen molar-refractivity contribution in [2.75, 3.05) is 16.8 Å². The number of carbonyl (C=O) groups excluding carboxylic acids is 2. The normalized spacial score (nSPS) is 19.6.